The van der Waals surface area contributed by atoms with E-state index in [1.54, 1.807) is 0 Å². The summed E-state index contributed by atoms with van der Waals surface area (Å²) < 4.78 is 0.692. The molecule has 0 radical (unpaired) electrons. The Kier molecular flexibility index (Phi) is 6.71. The highest BCUT2D eigenvalue weighted by Gasteiger charge is 2.48. The van der Waals surface area contributed by atoms with Crippen LogP contribution in [0.5, 0.6) is 0 Å². The number of aryl methyl sites for hydroxylation is 2. The lowest BCUT2D eigenvalue weighted by molar-refractivity contribution is -0.132. The van der Waals surface area contributed by atoms with Crippen LogP contribution in [0.15, 0.2) is 88.8 Å². The lowest BCUT2D eigenvalue weighted by Gasteiger charge is -2.22. The SMILES string of the molecule is Cc1ccc(C)c(C(O)=C2C(=O)C(=O)N(c3nnc(SCc4ccccc4)s3)C2c2ccccc2)c1. The molecule has 1 saturated heterocycles. The van der Waals surface area contributed by atoms with Crippen molar-refractivity contribution in [1.82, 2.24) is 10.2 Å². The van der Waals surface area contributed by atoms with Gasteiger partial charge in [0.2, 0.25) is 5.13 Å². The highest BCUT2D eigenvalue weighted by molar-refractivity contribution is 8.00. The van der Waals surface area contributed by atoms with Gasteiger partial charge in [-0.05, 0) is 36.6 Å². The van der Waals surface area contributed by atoms with Crippen LogP contribution in [0.2, 0.25) is 0 Å². The highest BCUT2D eigenvalue weighted by atomic mass is 32.2. The minimum absolute atomic E-state index is 0.0496. The Morgan fingerprint density at radius 3 is 2.39 bits per heavy atom. The molecule has 1 unspecified atom stereocenters. The second-order valence-electron chi connectivity index (χ2n) is 8.52. The van der Waals surface area contributed by atoms with E-state index in [1.807, 2.05) is 92.7 Å². The van der Waals surface area contributed by atoms with Crippen molar-refractivity contribution in [3.8, 4) is 0 Å². The van der Waals surface area contributed by atoms with Gasteiger partial charge in [0, 0.05) is 11.3 Å². The minimum atomic E-state index is -0.814. The number of benzene rings is 3. The molecule has 1 aliphatic heterocycles. The largest absolute Gasteiger partial charge is 0.507 e. The quantitative estimate of drug-likeness (QED) is 0.111. The van der Waals surface area contributed by atoms with E-state index in [9.17, 15) is 14.7 Å². The van der Waals surface area contributed by atoms with Crippen LogP contribution in [0.25, 0.3) is 5.76 Å². The summed E-state index contributed by atoms with van der Waals surface area (Å²) in [5, 5.41) is 20.2. The number of Topliss-reactive ketones (excluding diaryl/α,β-unsaturated/α-hetero) is 1. The van der Waals surface area contributed by atoms with E-state index in [0.29, 0.717) is 26.4 Å². The van der Waals surface area contributed by atoms with Crippen LogP contribution in [0.4, 0.5) is 5.13 Å². The Bertz CT molecular complexity index is 1470. The van der Waals surface area contributed by atoms with Crippen LogP contribution in [0.1, 0.15) is 33.9 Å². The first kappa shape index (κ1) is 24.0. The number of nitrogens with zero attached hydrogens (tertiary/aromatic N) is 3. The zero-order valence-electron chi connectivity index (χ0n) is 19.7. The molecular weight excluding hydrogens is 490 g/mol. The van der Waals surface area contributed by atoms with Gasteiger partial charge in [-0.1, -0.05) is 101 Å². The first-order chi connectivity index (χ1) is 17.4. The van der Waals surface area contributed by atoms with Crippen LogP contribution in [0, 0.1) is 13.8 Å². The third-order valence-corrected chi connectivity index (χ3v) is 8.14. The molecule has 1 atom stereocenters. The lowest BCUT2D eigenvalue weighted by Crippen LogP contribution is -2.29. The molecule has 1 amide bonds. The summed E-state index contributed by atoms with van der Waals surface area (Å²) in [5.74, 6) is -0.945. The monoisotopic (exact) mass is 513 g/mol. The van der Waals surface area contributed by atoms with Crippen molar-refractivity contribution in [3.05, 3.63) is 112 Å². The summed E-state index contributed by atoms with van der Waals surface area (Å²) in [6, 6.07) is 24.1. The summed E-state index contributed by atoms with van der Waals surface area (Å²) in [4.78, 5) is 28.0. The van der Waals surface area contributed by atoms with Gasteiger partial charge in [0.1, 0.15) is 5.76 Å². The Morgan fingerprint density at radius 2 is 1.67 bits per heavy atom. The number of anilines is 1. The number of amides is 1. The zero-order chi connectivity index (χ0) is 25.2. The molecule has 1 fully saturated rings. The van der Waals surface area contributed by atoms with E-state index < -0.39 is 17.7 Å². The lowest BCUT2D eigenvalue weighted by atomic mass is 9.93. The van der Waals surface area contributed by atoms with Crippen molar-refractivity contribution < 1.29 is 14.7 Å². The van der Waals surface area contributed by atoms with Crippen LogP contribution in [0.3, 0.4) is 0 Å². The number of carbonyl (C=O) groups excluding carboxylic acids is 2. The number of thioether (sulfide) groups is 1. The van der Waals surface area contributed by atoms with Gasteiger partial charge >= 0.3 is 5.91 Å². The second-order valence-corrected chi connectivity index (χ2v) is 10.7. The number of aromatic nitrogens is 2. The van der Waals surface area contributed by atoms with E-state index in [-0.39, 0.29) is 11.3 Å². The second kappa shape index (κ2) is 10.1. The average Bonchev–Trinajstić information content (AvgIpc) is 3.47. The fraction of sp³-hybridized carbons (Fsp3) is 0.143. The smallest absolute Gasteiger partial charge is 0.301 e. The fourth-order valence-electron chi connectivity index (χ4n) is 4.19. The van der Waals surface area contributed by atoms with Crippen LogP contribution in [-0.4, -0.2) is 27.0 Å². The Morgan fingerprint density at radius 1 is 0.972 bits per heavy atom. The van der Waals surface area contributed by atoms with E-state index in [2.05, 4.69) is 10.2 Å². The molecule has 36 heavy (non-hydrogen) atoms. The molecule has 0 saturated carbocycles. The summed E-state index contributed by atoms with van der Waals surface area (Å²) >= 11 is 2.78. The van der Waals surface area contributed by atoms with Crippen molar-refractivity contribution in [2.75, 3.05) is 4.90 Å². The Hall–Kier alpha value is -3.75. The van der Waals surface area contributed by atoms with Crippen molar-refractivity contribution in [3.63, 3.8) is 0 Å². The molecule has 6 nitrogen and oxygen atoms in total. The topological polar surface area (TPSA) is 83.4 Å². The molecule has 3 aromatic carbocycles. The van der Waals surface area contributed by atoms with E-state index in [1.165, 1.54) is 28.0 Å². The number of hydrogen-bond acceptors (Lipinski definition) is 7. The van der Waals surface area contributed by atoms with Gasteiger partial charge in [0.05, 0.1) is 11.6 Å². The summed E-state index contributed by atoms with van der Waals surface area (Å²) in [6.45, 7) is 3.78. The molecule has 8 heteroatoms. The Balaban J connectivity index is 1.56. The maximum Gasteiger partial charge on any atom is 0.301 e. The van der Waals surface area contributed by atoms with E-state index in [0.717, 1.165) is 16.7 Å². The summed E-state index contributed by atoms with van der Waals surface area (Å²) in [6.07, 6.45) is 0. The maximum atomic E-state index is 13.3. The van der Waals surface area contributed by atoms with Gasteiger partial charge in [0.15, 0.2) is 4.34 Å². The van der Waals surface area contributed by atoms with Gasteiger partial charge in [-0.25, -0.2) is 0 Å². The first-order valence-electron chi connectivity index (χ1n) is 11.4. The predicted molar refractivity (Wildman–Crippen MR) is 143 cm³/mol. The molecule has 4 aromatic rings. The third-order valence-electron chi connectivity index (χ3n) is 6.01. The standard InChI is InChI=1S/C28H23N3O3S2/c1-17-13-14-18(2)21(15-17)24(32)22-23(20-11-7-4-8-12-20)31(26(34)25(22)33)27-29-30-28(36-27)35-16-19-9-5-3-6-10-19/h3-15,23,32H,16H2,1-2H3. The number of hydrogen-bond donors (Lipinski definition) is 1. The van der Waals surface area contributed by atoms with Gasteiger partial charge in [0.25, 0.3) is 5.78 Å². The Labute approximate surface area is 217 Å². The van der Waals surface area contributed by atoms with Crippen molar-refractivity contribution in [1.29, 1.82) is 0 Å². The molecule has 1 aromatic heterocycles. The normalized spacial score (nSPS) is 17.1. The predicted octanol–water partition coefficient (Wildman–Crippen LogP) is 6.07. The number of aliphatic hydroxyl groups excluding tert-OH is 1. The minimum Gasteiger partial charge on any atom is -0.507 e. The van der Waals surface area contributed by atoms with Gasteiger partial charge in [-0.15, -0.1) is 10.2 Å². The van der Waals surface area contributed by atoms with Gasteiger partial charge in [-0.3, -0.25) is 14.5 Å². The zero-order valence-corrected chi connectivity index (χ0v) is 21.3. The third kappa shape index (κ3) is 4.57. The van der Waals surface area contributed by atoms with Gasteiger partial charge < -0.3 is 5.11 Å². The van der Waals surface area contributed by atoms with Crippen molar-refractivity contribution >= 4 is 45.7 Å². The molecule has 0 aliphatic carbocycles. The number of ketones is 1. The molecule has 5 rings (SSSR count). The fourth-order valence-corrected chi connectivity index (χ4v) is 6.02. The average molecular weight is 514 g/mol. The van der Waals surface area contributed by atoms with Crippen LogP contribution >= 0.6 is 23.1 Å². The summed E-state index contributed by atoms with van der Waals surface area (Å²) in [5.41, 5.74) is 4.19. The first-order valence-corrected chi connectivity index (χ1v) is 13.2. The number of rotatable bonds is 6. The molecular formula is C28H23N3O3S2. The van der Waals surface area contributed by atoms with Crippen LogP contribution in [-0.2, 0) is 15.3 Å². The molecule has 2 heterocycles. The van der Waals surface area contributed by atoms with Gasteiger partial charge in [-0.2, -0.15) is 0 Å². The van der Waals surface area contributed by atoms with Crippen molar-refractivity contribution in [2.24, 2.45) is 0 Å². The molecule has 0 bridgehead atoms. The molecule has 1 N–H and O–H groups in total. The number of carbonyl (C=O) groups is 2. The maximum absolute atomic E-state index is 13.3. The molecule has 0 spiro atoms. The summed E-state index contributed by atoms with van der Waals surface area (Å²) in [7, 11) is 0. The highest BCUT2D eigenvalue weighted by Crippen LogP contribution is 2.44. The molecule has 1 aliphatic rings. The van der Waals surface area contributed by atoms with E-state index in [4.69, 9.17) is 0 Å². The van der Waals surface area contributed by atoms with E-state index >= 15 is 0 Å². The number of aliphatic hydroxyl groups is 1. The van der Waals surface area contributed by atoms with Crippen molar-refractivity contribution in [2.45, 2.75) is 30.0 Å². The molecule has 180 valence electrons. The van der Waals surface area contributed by atoms with Crippen LogP contribution < -0.4 is 4.90 Å².